The number of benzene rings is 1. The molecule has 0 saturated heterocycles. The standard InChI is InChI=1S/C13H11N5/c14-13(15)9-5-6-16-12(7-9)18-8-17-10-3-1-2-4-11(10)18/h1-8H,(H3,14,15). The molecule has 2 aromatic heterocycles. The summed E-state index contributed by atoms with van der Waals surface area (Å²) in [5, 5.41) is 7.45. The highest BCUT2D eigenvalue weighted by Gasteiger charge is 2.06. The summed E-state index contributed by atoms with van der Waals surface area (Å²) < 4.78 is 1.88. The molecule has 2 heterocycles. The van der Waals surface area contributed by atoms with Gasteiger partial charge in [-0.2, -0.15) is 0 Å². The number of rotatable bonds is 2. The fourth-order valence-electron chi connectivity index (χ4n) is 1.86. The average Bonchev–Trinajstić information content (AvgIpc) is 2.82. The molecule has 0 aliphatic carbocycles. The third-order valence-corrected chi connectivity index (χ3v) is 2.76. The summed E-state index contributed by atoms with van der Waals surface area (Å²) in [4.78, 5) is 8.59. The van der Waals surface area contributed by atoms with E-state index in [1.165, 1.54) is 0 Å². The predicted molar refractivity (Wildman–Crippen MR) is 69.9 cm³/mol. The van der Waals surface area contributed by atoms with Gasteiger partial charge in [-0.3, -0.25) is 9.98 Å². The molecular formula is C13H11N5. The third kappa shape index (κ3) is 1.62. The Morgan fingerprint density at radius 1 is 1.17 bits per heavy atom. The van der Waals surface area contributed by atoms with Crippen molar-refractivity contribution in [1.82, 2.24) is 14.5 Å². The summed E-state index contributed by atoms with van der Waals surface area (Å²) in [5.41, 5.74) is 8.02. The number of imidazole rings is 1. The Bertz CT molecular complexity index is 729. The molecule has 1 aromatic carbocycles. The summed E-state index contributed by atoms with van der Waals surface area (Å²) >= 11 is 0. The highest BCUT2D eigenvalue weighted by atomic mass is 15.1. The maximum Gasteiger partial charge on any atom is 0.139 e. The number of amidine groups is 1. The molecule has 0 radical (unpaired) electrons. The van der Waals surface area contributed by atoms with Crippen LogP contribution in [-0.2, 0) is 0 Å². The van der Waals surface area contributed by atoms with Gasteiger partial charge in [0, 0.05) is 11.8 Å². The SMILES string of the molecule is N=C(N)c1ccnc(-n2cnc3ccccc32)c1. The van der Waals surface area contributed by atoms with Gasteiger partial charge in [-0.05, 0) is 24.3 Å². The van der Waals surface area contributed by atoms with Gasteiger partial charge < -0.3 is 5.73 Å². The minimum atomic E-state index is 0.0306. The normalized spacial score (nSPS) is 10.7. The van der Waals surface area contributed by atoms with Crippen LogP contribution in [0.4, 0.5) is 0 Å². The van der Waals surface area contributed by atoms with E-state index in [0.717, 1.165) is 11.0 Å². The fourth-order valence-corrected chi connectivity index (χ4v) is 1.86. The monoisotopic (exact) mass is 237 g/mol. The van der Waals surface area contributed by atoms with E-state index in [2.05, 4.69) is 9.97 Å². The Hall–Kier alpha value is -2.69. The highest BCUT2D eigenvalue weighted by Crippen LogP contribution is 2.16. The molecule has 5 nitrogen and oxygen atoms in total. The first-order valence-corrected chi connectivity index (χ1v) is 5.48. The minimum Gasteiger partial charge on any atom is -0.384 e. The molecule has 0 atom stereocenters. The van der Waals surface area contributed by atoms with Crippen LogP contribution in [0.5, 0.6) is 0 Å². The average molecular weight is 237 g/mol. The van der Waals surface area contributed by atoms with Gasteiger partial charge >= 0.3 is 0 Å². The van der Waals surface area contributed by atoms with Gasteiger partial charge in [0.05, 0.1) is 11.0 Å². The lowest BCUT2D eigenvalue weighted by atomic mass is 10.2. The summed E-state index contributed by atoms with van der Waals surface area (Å²) in [7, 11) is 0. The van der Waals surface area contributed by atoms with Crippen molar-refractivity contribution in [3.8, 4) is 5.82 Å². The Balaban J connectivity index is 2.20. The van der Waals surface area contributed by atoms with Gasteiger partial charge in [0.2, 0.25) is 0 Å². The molecule has 0 amide bonds. The topological polar surface area (TPSA) is 80.6 Å². The van der Waals surface area contributed by atoms with Crippen molar-refractivity contribution in [3.63, 3.8) is 0 Å². The number of aromatic nitrogens is 3. The van der Waals surface area contributed by atoms with Gasteiger partial charge in [0.25, 0.3) is 0 Å². The molecule has 0 fully saturated rings. The van der Waals surface area contributed by atoms with Crippen molar-refractivity contribution < 1.29 is 0 Å². The number of hydrogen-bond acceptors (Lipinski definition) is 3. The molecule has 3 aromatic rings. The van der Waals surface area contributed by atoms with E-state index in [4.69, 9.17) is 11.1 Å². The van der Waals surface area contributed by atoms with E-state index < -0.39 is 0 Å². The molecule has 0 aliphatic rings. The quantitative estimate of drug-likeness (QED) is 0.526. The van der Waals surface area contributed by atoms with Gasteiger partial charge in [-0.1, -0.05) is 12.1 Å². The minimum absolute atomic E-state index is 0.0306. The van der Waals surface area contributed by atoms with Crippen LogP contribution in [0.1, 0.15) is 5.56 Å². The second kappa shape index (κ2) is 3.96. The predicted octanol–water partition coefficient (Wildman–Crippen LogP) is 1.70. The van der Waals surface area contributed by atoms with E-state index in [1.54, 1.807) is 24.7 Å². The van der Waals surface area contributed by atoms with Crippen molar-refractivity contribution in [1.29, 1.82) is 5.41 Å². The molecule has 0 bridgehead atoms. The molecule has 0 aliphatic heterocycles. The zero-order chi connectivity index (χ0) is 12.5. The van der Waals surface area contributed by atoms with Crippen LogP contribution in [0.2, 0.25) is 0 Å². The lowest BCUT2D eigenvalue weighted by Gasteiger charge is -2.05. The fraction of sp³-hybridized carbons (Fsp3) is 0. The zero-order valence-electron chi connectivity index (χ0n) is 9.54. The van der Waals surface area contributed by atoms with Crippen LogP contribution in [0.15, 0.2) is 48.9 Å². The smallest absolute Gasteiger partial charge is 0.139 e. The van der Waals surface area contributed by atoms with Crippen molar-refractivity contribution in [2.75, 3.05) is 0 Å². The highest BCUT2D eigenvalue weighted by molar-refractivity contribution is 5.95. The molecule has 18 heavy (non-hydrogen) atoms. The molecule has 0 unspecified atom stereocenters. The van der Waals surface area contributed by atoms with Crippen molar-refractivity contribution in [2.45, 2.75) is 0 Å². The third-order valence-electron chi connectivity index (χ3n) is 2.76. The molecule has 3 N–H and O–H groups in total. The van der Waals surface area contributed by atoms with Crippen molar-refractivity contribution in [3.05, 3.63) is 54.5 Å². The van der Waals surface area contributed by atoms with Gasteiger partial charge in [0.15, 0.2) is 0 Å². The number of nitrogens with two attached hydrogens (primary N) is 1. The summed E-state index contributed by atoms with van der Waals surface area (Å²) in [6.07, 6.45) is 3.36. The van der Waals surface area contributed by atoms with Crippen LogP contribution in [0, 0.1) is 5.41 Å². The van der Waals surface area contributed by atoms with Gasteiger partial charge in [-0.25, -0.2) is 9.97 Å². The van der Waals surface area contributed by atoms with Crippen molar-refractivity contribution >= 4 is 16.9 Å². The van der Waals surface area contributed by atoms with Crippen LogP contribution >= 0.6 is 0 Å². The zero-order valence-corrected chi connectivity index (χ0v) is 9.54. The van der Waals surface area contributed by atoms with E-state index in [1.807, 2.05) is 28.8 Å². The maximum atomic E-state index is 7.45. The maximum absolute atomic E-state index is 7.45. The molecule has 88 valence electrons. The molecule has 0 saturated carbocycles. The first-order chi connectivity index (χ1) is 8.75. The number of para-hydroxylation sites is 2. The number of nitrogens with one attached hydrogen (secondary N) is 1. The van der Waals surface area contributed by atoms with Crippen LogP contribution < -0.4 is 5.73 Å². The Morgan fingerprint density at radius 3 is 2.83 bits per heavy atom. The van der Waals surface area contributed by atoms with Crippen LogP contribution in [0.3, 0.4) is 0 Å². The first-order valence-electron chi connectivity index (χ1n) is 5.48. The Labute approximate surface area is 103 Å². The number of fused-ring (bicyclic) bond motifs is 1. The summed E-state index contributed by atoms with van der Waals surface area (Å²) in [6.45, 7) is 0. The first kappa shape index (κ1) is 10.5. The Kier molecular flexibility index (Phi) is 2.30. The molecular weight excluding hydrogens is 226 g/mol. The number of nitrogen functional groups attached to an aromatic ring is 1. The van der Waals surface area contributed by atoms with Crippen molar-refractivity contribution in [2.24, 2.45) is 5.73 Å². The van der Waals surface area contributed by atoms with Gasteiger partial charge in [0.1, 0.15) is 18.0 Å². The lowest BCUT2D eigenvalue weighted by Crippen LogP contribution is -2.11. The summed E-state index contributed by atoms with van der Waals surface area (Å²) in [5.74, 6) is 0.736. The lowest BCUT2D eigenvalue weighted by molar-refractivity contribution is 1.02. The van der Waals surface area contributed by atoms with E-state index in [-0.39, 0.29) is 5.84 Å². The van der Waals surface area contributed by atoms with Crippen LogP contribution in [-0.4, -0.2) is 20.4 Å². The number of hydrogen-bond donors (Lipinski definition) is 2. The largest absolute Gasteiger partial charge is 0.384 e. The van der Waals surface area contributed by atoms with Crippen LogP contribution in [0.25, 0.3) is 16.9 Å². The molecule has 5 heteroatoms. The number of nitrogens with zero attached hydrogens (tertiary/aromatic N) is 3. The molecule has 0 spiro atoms. The van der Waals surface area contributed by atoms with E-state index in [9.17, 15) is 0 Å². The van der Waals surface area contributed by atoms with E-state index >= 15 is 0 Å². The second-order valence-corrected chi connectivity index (χ2v) is 3.92. The van der Waals surface area contributed by atoms with Gasteiger partial charge in [-0.15, -0.1) is 0 Å². The Morgan fingerprint density at radius 2 is 2.00 bits per heavy atom. The van der Waals surface area contributed by atoms with E-state index in [0.29, 0.717) is 11.4 Å². The molecule has 3 rings (SSSR count). The second-order valence-electron chi connectivity index (χ2n) is 3.92. The number of pyridine rings is 1. The summed E-state index contributed by atoms with van der Waals surface area (Å²) in [6, 6.07) is 11.3.